The number of ether oxygens (including phenoxy) is 3. The summed E-state index contributed by atoms with van der Waals surface area (Å²) < 4.78 is 16.7. The number of allylic oxidation sites excluding steroid dienone is 18. The van der Waals surface area contributed by atoms with Crippen LogP contribution in [-0.2, 0) is 28.6 Å². The number of unbranched alkanes of at least 4 members (excludes halogenated alkanes) is 15. The normalized spacial score (nSPS) is 13.0. The van der Waals surface area contributed by atoms with E-state index >= 15 is 0 Å². The van der Waals surface area contributed by atoms with Crippen LogP contribution in [0.25, 0.3) is 0 Å². The summed E-state index contributed by atoms with van der Waals surface area (Å²) in [6.07, 6.45) is 67.9. The van der Waals surface area contributed by atoms with E-state index in [2.05, 4.69) is 130 Å². The van der Waals surface area contributed by atoms with Crippen LogP contribution in [0.3, 0.4) is 0 Å². The Labute approximate surface area is 387 Å². The average molecular weight is 873 g/mol. The van der Waals surface area contributed by atoms with Crippen molar-refractivity contribution in [2.24, 2.45) is 0 Å². The van der Waals surface area contributed by atoms with Crippen LogP contribution in [0, 0.1) is 0 Å². The van der Waals surface area contributed by atoms with E-state index in [0.717, 1.165) is 135 Å². The molecule has 0 rings (SSSR count). The lowest BCUT2D eigenvalue weighted by atomic mass is 10.1. The molecule has 0 saturated carbocycles. The van der Waals surface area contributed by atoms with Gasteiger partial charge in [0.15, 0.2) is 6.10 Å². The maximum atomic E-state index is 12.8. The molecule has 6 nitrogen and oxygen atoms in total. The van der Waals surface area contributed by atoms with E-state index in [4.69, 9.17) is 14.2 Å². The first kappa shape index (κ1) is 59.1. The average Bonchev–Trinajstić information content (AvgIpc) is 3.28. The largest absolute Gasteiger partial charge is 0.462 e. The molecule has 0 N–H and O–H groups in total. The second-order valence-electron chi connectivity index (χ2n) is 16.3. The zero-order chi connectivity index (χ0) is 45.8. The van der Waals surface area contributed by atoms with E-state index in [1.807, 2.05) is 0 Å². The van der Waals surface area contributed by atoms with Crippen molar-refractivity contribution in [3.8, 4) is 0 Å². The fraction of sp³-hybridized carbons (Fsp3) is 0.632. The Kier molecular flexibility index (Phi) is 47.5. The summed E-state index contributed by atoms with van der Waals surface area (Å²) in [5.74, 6) is -0.988. The van der Waals surface area contributed by atoms with Crippen LogP contribution < -0.4 is 0 Å². The van der Waals surface area contributed by atoms with Crippen LogP contribution in [0.5, 0.6) is 0 Å². The number of carbonyl (C=O) groups excluding carboxylic acids is 3. The van der Waals surface area contributed by atoms with Crippen molar-refractivity contribution in [3.05, 3.63) is 109 Å². The minimum atomic E-state index is -0.812. The second-order valence-corrected chi connectivity index (χ2v) is 16.3. The lowest BCUT2D eigenvalue weighted by Crippen LogP contribution is -2.30. The van der Waals surface area contributed by atoms with Gasteiger partial charge in [-0.05, 0) is 122 Å². The molecule has 0 radical (unpaired) electrons. The zero-order valence-corrected chi connectivity index (χ0v) is 40.5. The molecule has 0 fully saturated rings. The Morgan fingerprint density at radius 1 is 0.333 bits per heavy atom. The Bertz CT molecular complexity index is 1330. The Hall–Kier alpha value is -3.93. The second kappa shape index (κ2) is 50.7. The summed E-state index contributed by atoms with van der Waals surface area (Å²) in [7, 11) is 0. The van der Waals surface area contributed by atoms with Crippen LogP contribution in [0.4, 0.5) is 0 Å². The van der Waals surface area contributed by atoms with Crippen LogP contribution in [0.1, 0.15) is 213 Å². The minimum Gasteiger partial charge on any atom is -0.462 e. The van der Waals surface area contributed by atoms with Crippen molar-refractivity contribution < 1.29 is 28.6 Å². The number of esters is 3. The lowest BCUT2D eigenvalue weighted by Gasteiger charge is -2.18. The number of hydrogen-bond acceptors (Lipinski definition) is 6. The van der Waals surface area contributed by atoms with Gasteiger partial charge in [-0.15, -0.1) is 0 Å². The zero-order valence-electron chi connectivity index (χ0n) is 40.5. The molecule has 0 aliphatic carbocycles. The van der Waals surface area contributed by atoms with Crippen LogP contribution in [0.15, 0.2) is 109 Å². The Morgan fingerprint density at radius 3 is 0.984 bits per heavy atom. The summed E-state index contributed by atoms with van der Waals surface area (Å²) in [5.41, 5.74) is 0. The van der Waals surface area contributed by atoms with Gasteiger partial charge >= 0.3 is 17.9 Å². The van der Waals surface area contributed by atoms with Gasteiger partial charge in [0.05, 0.1) is 0 Å². The molecule has 356 valence electrons. The molecule has 1 atom stereocenters. The van der Waals surface area contributed by atoms with Crippen LogP contribution in [0.2, 0.25) is 0 Å². The van der Waals surface area contributed by atoms with Gasteiger partial charge in [-0.25, -0.2) is 0 Å². The van der Waals surface area contributed by atoms with E-state index in [9.17, 15) is 14.4 Å². The molecule has 0 aromatic heterocycles. The molecule has 0 bridgehead atoms. The van der Waals surface area contributed by atoms with E-state index in [0.29, 0.717) is 12.8 Å². The van der Waals surface area contributed by atoms with Gasteiger partial charge in [-0.2, -0.15) is 0 Å². The highest BCUT2D eigenvalue weighted by Crippen LogP contribution is 2.12. The highest BCUT2D eigenvalue weighted by molar-refractivity contribution is 5.71. The SMILES string of the molecule is CC/C=C\C/C=C\C/C=C\CCCCCC(=O)OCC(COC(=O)CCCCCCCC/C=C\C/C=C\C/C=C\CCCCC)OC(=O)CCCCC/C=C\C/C=C\C/C=C\CC. The highest BCUT2D eigenvalue weighted by Gasteiger charge is 2.19. The van der Waals surface area contributed by atoms with Gasteiger partial charge in [0.25, 0.3) is 0 Å². The predicted molar refractivity (Wildman–Crippen MR) is 270 cm³/mol. The highest BCUT2D eigenvalue weighted by atomic mass is 16.6. The summed E-state index contributed by atoms with van der Waals surface area (Å²) in [5, 5.41) is 0. The fourth-order valence-electron chi connectivity index (χ4n) is 6.48. The molecule has 0 aromatic carbocycles. The first-order valence-corrected chi connectivity index (χ1v) is 25.4. The third-order valence-electron chi connectivity index (χ3n) is 10.2. The monoisotopic (exact) mass is 873 g/mol. The van der Waals surface area contributed by atoms with E-state index in [1.54, 1.807) is 0 Å². The summed E-state index contributed by atoms with van der Waals surface area (Å²) in [4.78, 5) is 37.9. The van der Waals surface area contributed by atoms with Crippen molar-refractivity contribution >= 4 is 17.9 Å². The maximum Gasteiger partial charge on any atom is 0.306 e. The molecular formula is C57H92O6. The lowest BCUT2D eigenvalue weighted by molar-refractivity contribution is -0.167. The molecule has 6 heteroatoms. The summed E-state index contributed by atoms with van der Waals surface area (Å²) in [6.45, 7) is 6.30. The first-order chi connectivity index (χ1) is 31.0. The van der Waals surface area contributed by atoms with Gasteiger partial charge in [0, 0.05) is 19.3 Å². The van der Waals surface area contributed by atoms with E-state index < -0.39 is 6.10 Å². The molecule has 1 unspecified atom stereocenters. The maximum absolute atomic E-state index is 12.8. The predicted octanol–water partition coefficient (Wildman–Crippen LogP) is 16.8. The topological polar surface area (TPSA) is 78.9 Å². The third kappa shape index (κ3) is 49.0. The van der Waals surface area contributed by atoms with E-state index in [-0.39, 0.29) is 37.5 Å². The molecule has 0 aromatic rings. The van der Waals surface area contributed by atoms with Crippen molar-refractivity contribution in [3.63, 3.8) is 0 Å². The van der Waals surface area contributed by atoms with Crippen LogP contribution >= 0.6 is 0 Å². The first-order valence-electron chi connectivity index (χ1n) is 25.4. The van der Waals surface area contributed by atoms with Gasteiger partial charge in [-0.3, -0.25) is 14.4 Å². The standard InChI is InChI=1S/C57H92O6/c1-4-7-10-13-16-19-22-25-26-27-28-29-30-33-35-38-41-44-47-50-56(59)62-53-54(63-57(60)51-48-45-42-39-36-32-24-21-18-15-12-9-6-3)52-61-55(58)49-46-43-40-37-34-31-23-20-17-14-11-8-5-2/h8-9,11-12,16-21,25-26,28-29,31-32,34,36,54H,4-7,10,13-15,22-24,27,30,33,35,37-53H2,1-3H3/b11-8-,12-9-,19-16-,20-17-,21-18-,26-25-,29-28-,34-31-,36-32-. The van der Waals surface area contributed by atoms with Crippen molar-refractivity contribution in [2.75, 3.05) is 13.2 Å². The Morgan fingerprint density at radius 2 is 0.619 bits per heavy atom. The molecule has 0 saturated heterocycles. The minimum absolute atomic E-state index is 0.109. The third-order valence-corrected chi connectivity index (χ3v) is 10.2. The fourth-order valence-corrected chi connectivity index (χ4v) is 6.48. The number of hydrogen-bond donors (Lipinski definition) is 0. The van der Waals surface area contributed by atoms with Gasteiger partial charge in [0.2, 0.25) is 0 Å². The number of rotatable bonds is 44. The van der Waals surface area contributed by atoms with E-state index in [1.165, 1.54) is 38.5 Å². The molecule has 0 aliphatic heterocycles. The summed E-state index contributed by atoms with van der Waals surface area (Å²) >= 11 is 0. The van der Waals surface area contributed by atoms with Crippen molar-refractivity contribution in [2.45, 2.75) is 219 Å². The molecular weight excluding hydrogens is 781 g/mol. The molecule has 0 amide bonds. The number of carbonyl (C=O) groups is 3. The molecule has 0 spiro atoms. The molecule has 0 aliphatic rings. The van der Waals surface area contributed by atoms with Crippen molar-refractivity contribution in [1.82, 2.24) is 0 Å². The van der Waals surface area contributed by atoms with Crippen molar-refractivity contribution in [1.29, 1.82) is 0 Å². The molecule has 63 heavy (non-hydrogen) atoms. The smallest absolute Gasteiger partial charge is 0.306 e. The van der Waals surface area contributed by atoms with Gasteiger partial charge in [0.1, 0.15) is 13.2 Å². The molecule has 0 heterocycles. The van der Waals surface area contributed by atoms with Gasteiger partial charge < -0.3 is 14.2 Å². The van der Waals surface area contributed by atoms with Crippen LogP contribution in [-0.4, -0.2) is 37.2 Å². The van der Waals surface area contributed by atoms with Gasteiger partial charge in [-0.1, -0.05) is 182 Å². The quantitative estimate of drug-likeness (QED) is 0.0263. The Balaban J connectivity index is 4.47. The summed E-state index contributed by atoms with van der Waals surface area (Å²) in [6, 6.07) is 0.